The minimum atomic E-state index is -1.14. The van der Waals surface area contributed by atoms with Crippen LogP contribution in [-0.2, 0) is 10.2 Å². The number of aromatic hydroxyl groups is 2. The Bertz CT molecular complexity index is 1060. The average Bonchev–Trinajstić information content (AvgIpc) is 2.77. The summed E-state index contributed by atoms with van der Waals surface area (Å²) in [5.74, 6) is -0.510. The zero-order valence-electron chi connectivity index (χ0n) is 19.5. The van der Waals surface area contributed by atoms with Gasteiger partial charge in [-0.1, -0.05) is 60.7 Å². The van der Waals surface area contributed by atoms with Gasteiger partial charge in [0.1, 0.15) is 28.8 Å². The molecule has 6 nitrogen and oxygen atoms in total. The van der Waals surface area contributed by atoms with E-state index in [1.165, 1.54) is 18.2 Å². The van der Waals surface area contributed by atoms with Crippen LogP contribution in [0.3, 0.4) is 0 Å². The standard InChI is InChI=1S/C28H31NO5/c1-27(2,29-18-25(19-29)34-24-16-22(30)15-23(31)17-24)13-14-28(26(32)33,20-9-5-3-6-10-20)21-11-7-4-8-12-21/h3-12,15-17,25,30-31H,13-14,18-19H2,1-2H3,(H,32,33). The zero-order chi connectivity index (χ0) is 24.3. The molecular weight excluding hydrogens is 430 g/mol. The Balaban J connectivity index is 1.49. The Labute approximate surface area is 200 Å². The number of benzene rings is 3. The number of hydrogen-bond donors (Lipinski definition) is 3. The van der Waals surface area contributed by atoms with E-state index < -0.39 is 11.4 Å². The van der Waals surface area contributed by atoms with Crippen molar-refractivity contribution in [2.75, 3.05) is 13.1 Å². The summed E-state index contributed by atoms with van der Waals surface area (Å²) in [6.07, 6.45) is 1.06. The van der Waals surface area contributed by atoms with Gasteiger partial charge in [-0.3, -0.25) is 9.69 Å². The van der Waals surface area contributed by atoms with Gasteiger partial charge in [0.2, 0.25) is 0 Å². The van der Waals surface area contributed by atoms with Crippen molar-refractivity contribution in [1.29, 1.82) is 0 Å². The molecule has 0 radical (unpaired) electrons. The highest BCUT2D eigenvalue weighted by molar-refractivity contribution is 5.86. The molecule has 1 saturated heterocycles. The van der Waals surface area contributed by atoms with Crippen LogP contribution in [0.2, 0.25) is 0 Å². The lowest BCUT2D eigenvalue weighted by Gasteiger charge is -2.49. The third-order valence-corrected chi connectivity index (χ3v) is 6.89. The van der Waals surface area contributed by atoms with E-state index >= 15 is 0 Å². The first kappa shape index (κ1) is 23.6. The van der Waals surface area contributed by atoms with Gasteiger partial charge < -0.3 is 20.1 Å². The SMILES string of the molecule is CC(C)(CCC(C(=O)O)(c1ccccc1)c1ccccc1)N1CC(Oc2cc(O)cc(O)c2)C1. The van der Waals surface area contributed by atoms with E-state index in [0.717, 1.165) is 11.1 Å². The van der Waals surface area contributed by atoms with Crippen molar-refractivity contribution in [2.45, 2.75) is 43.7 Å². The molecule has 1 fully saturated rings. The number of carboxylic acid groups (broad SMARTS) is 1. The number of hydrogen-bond acceptors (Lipinski definition) is 5. The summed E-state index contributed by atoms with van der Waals surface area (Å²) in [5, 5.41) is 29.8. The third-order valence-electron chi connectivity index (χ3n) is 6.89. The topological polar surface area (TPSA) is 90.2 Å². The number of carboxylic acids is 1. The zero-order valence-corrected chi connectivity index (χ0v) is 19.5. The predicted molar refractivity (Wildman–Crippen MR) is 130 cm³/mol. The Morgan fingerprint density at radius 2 is 1.38 bits per heavy atom. The van der Waals surface area contributed by atoms with Gasteiger partial charge in [0.05, 0.1) is 0 Å². The van der Waals surface area contributed by atoms with Crippen molar-refractivity contribution in [3.63, 3.8) is 0 Å². The number of likely N-dealkylation sites (tertiary alicyclic amines) is 1. The van der Waals surface area contributed by atoms with Gasteiger partial charge in [-0.05, 0) is 37.8 Å². The number of aliphatic carboxylic acids is 1. The molecular formula is C28H31NO5. The minimum Gasteiger partial charge on any atom is -0.508 e. The summed E-state index contributed by atoms with van der Waals surface area (Å²) >= 11 is 0. The summed E-state index contributed by atoms with van der Waals surface area (Å²) in [5.41, 5.74) is 0.168. The molecule has 1 heterocycles. The van der Waals surface area contributed by atoms with E-state index in [2.05, 4.69) is 18.7 Å². The first-order valence-electron chi connectivity index (χ1n) is 11.5. The summed E-state index contributed by atoms with van der Waals surface area (Å²) < 4.78 is 5.90. The second-order valence-electron chi connectivity index (χ2n) is 9.58. The summed E-state index contributed by atoms with van der Waals surface area (Å²) in [6.45, 7) is 5.62. The van der Waals surface area contributed by atoms with Crippen LogP contribution >= 0.6 is 0 Å². The molecule has 0 saturated carbocycles. The largest absolute Gasteiger partial charge is 0.508 e. The van der Waals surface area contributed by atoms with Crippen molar-refractivity contribution >= 4 is 5.97 Å². The molecule has 0 spiro atoms. The molecule has 4 rings (SSSR count). The van der Waals surface area contributed by atoms with E-state index in [1.807, 2.05) is 60.7 Å². The Hall–Kier alpha value is -3.51. The van der Waals surface area contributed by atoms with Gasteiger partial charge in [0.25, 0.3) is 0 Å². The summed E-state index contributed by atoms with van der Waals surface area (Å²) in [6, 6.07) is 23.1. The molecule has 1 aliphatic heterocycles. The van der Waals surface area contributed by atoms with Crippen molar-refractivity contribution < 1.29 is 24.9 Å². The molecule has 0 bridgehead atoms. The number of phenolic OH excluding ortho intramolecular Hbond substituents is 2. The van der Waals surface area contributed by atoms with E-state index in [1.54, 1.807) is 0 Å². The van der Waals surface area contributed by atoms with E-state index in [4.69, 9.17) is 4.74 Å². The van der Waals surface area contributed by atoms with Crippen LogP contribution in [0.4, 0.5) is 0 Å². The number of carbonyl (C=O) groups is 1. The van der Waals surface area contributed by atoms with Crippen LogP contribution in [0.25, 0.3) is 0 Å². The van der Waals surface area contributed by atoms with Gasteiger partial charge in [-0.25, -0.2) is 0 Å². The second-order valence-corrected chi connectivity index (χ2v) is 9.58. The molecule has 0 atom stereocenters. The molecule has 0 aliphatic carbocycles. The van der Waals surface area contributed by atoms with Gasteiger partial charge in [-0.2, -0.15) is 0 Å². The Kier molecular flexibility index (Phi) is 6.53. The molecule has 34 heavy (non-hydrogen) atoms. The summed E-state index contributed by atoms with van der Waals surface area (Å²) in [4.78, 5) is 15.1. The van der Waals surface area contributed by atoms with Crippen LogP contribution in [-0.4, -0.2) is 50.9 Å². The molecule has 3 aromatic carbocycles. The van der Waals surface area contributed by atoms with Crippen molar-refractivity contribution in [3.8, 4) is 17.2 Å². The van der Waals surface area contributed by atoms with E-state index in [9.17, 15) is 20.1 Å². The molecule has 1 aliphatic rings. The maximum absolute atomic E-state index is 12.8. The van der Waals surface area contributed by atoms with Gasteiger partial charge in [-0.15, -0.1) is 0 Å². The molecule has 3 N–H and O–H groups in total. The molecule has 6 heteroatoms. The van der Waals surface area contributed by atoms with Crippen LogP contribution in [0.1, 0.15) is 37.8 Å². The smallest absolute Gasteiger partial charge is 0.318 e. The fraction of sp³-hybridized carbons (Fsp3) is 0.321. The van der Waals surface area contributed by atoms with Crippen molar-refractivity contribution in [1.82, 2.24) is 4.90 Å². The fourth-order valence-corrected chi connectivity index (χ4v) is 4.74. The van der Waals surface area contributed by atoms with Crippen LogP contribution in [0.5, 0.6) is 17.2 Å². The lowest BCUT2D eigenvalue weighted by atomic mass is 9.69. The van der Waals surface area contributed by atoms with Crippen LogP contribution in [0, 0.1) is 0 Å². The van der Waals surface area contributed by atoms with E-state index in [-0.39, 0.29) is 23.1 Å². The first-order valence-corrected chi connectivity index (χ1v) is 11.5. The minimum absolute atomic E-state index is 0.0432. The molecule has 3 aromatic rings. The maximum Gasteiger partial charge on any atom is 0.318 e. The highest BCUT2D eigenvalue weighted by Gasteiger charge is 2.45. The predicted octanol–water partition coefficient (Wildman–Crippen LogP) is 4.79. The Morgan fingerprint density at radius 3 is 1.85 bits per heavy atom. The van der Waals surface area contributed by atoms with Crippen molar-refractivity contribution in [3.05, 3.63) is 90.0 Å². The second kappa shape index (κ2) is 9.39. The van der Waals surface area contributed by atoms with Crippen LogP contribution in [0.15, 0.2) is 78.9 Å². The lowest BCUT2D eigenvalue weighted by molar-refractivity contribution is -0.143. The maximum atomic E-state index is 12.8. The normalized spacial score (nSPS) is 15.0. The summed E-state index contributed by atoms with van der Waals surface area (Å²) in [7, 11) is 0. The fourth-order valence-electron chi connectivity index (χ4n) is 4.74. The Morgan fingerprint density at radius 1 is 0.882 bits per heavy atom. The average molecular weight is 462 g/mol. The number of ether oxygens (including phenoxy) is 1. The highest BCUT2D eigenvalue weighted by Crippen LogP contribution is 2.41. The molecule has 0 unspecified atom stereocenters. The quantitative estimate of drug-likeness (QED) is 0.425. The number of nitrogens with zero attached hydrogens (tertiary/aromatic N) is 1. The molecule has 0 amide bonds. The van der Waals surface area contributed by atoms with Gasteiger partial charge >= 0.3 is 5.97 Å². The molecule has 178 valence electrons. The first-order chi connectivity index (χ1) is 16.2. The molecule has 0 aromatic heterocycles. The third kappa shape index (κ3) is 4.73. The monoisotopic (exact) mass is 461 g/mol. The lowest BCUT2D eigenvalue weighted by Crippen LogP contribution is -2.62. The number of phenols is 2. The van der Waals surface area contributed by atoms with Gasteiger partial charge in [0.15, 0.2) is 0 Å². The van der Waals surface area contributed by atoms with Crippen LogP contribution < -0.4 is 4.74 Å². The highest BCUT2D eigenvalue weighted by atomic mass is 16.5. The van der Waals surface area contributed by atoms with Crippen molar-refractivity contribution in [2.24, 2.45) is 0 Å². The number of rotatable bonds is 9. The van der Waals surface area contributed by atoms with E-state index in [0.29, 0.717) is 31.7 Å². The van der Waals surface area contributed by atoms with Gasteiger partial charge in [0, 0.05) is 36.8 Å².